The van der Waals surface area contributed by atoms with Crippen LogP contribution in [0.5, 0.6) is 5.75 Å². The number of aromatic nitrogens is 2. The molecule has 142 valence electrons. The Hall–Kier alpha value is -1.66. The van der Waals surface area contributed by atoms with E-state index in [0.717, 1.165) is 28.5 Å². The number of benzene rings is 2. The highest BCUT2D eigenvalue weighted by Gasteiger charge is 2.10. The number of hydrogen-bond donors (Lipinski definition) is 1. The second kappa shape index (κ2) is 9.51. The van der Waals surface area contributed by atoms with Crippen LogP contribution in [-0.4, -0.2) is 20.9 Å². The molecule has 0 aliphatic rings. The van der Waals surface area contributed by atoms with Crippen LogP contribution in [0.3, 0.4) is 0 Å². The molecule has 0 aliphatic heterocycles. The summed E-state index contributed by atoms with van der Waals surface area (Å²) >= 11 is 6.81. The molecular formula is C21H23Br2N3O. The van der Waals surface area contributed by atoms with Crippen LogP contribution >= 0.6 is 31.9 Å². The molecule has 0 radical (unpaired) electrons. The van der Waals surface area contributed by atoms with Gasteiger partial charge in [0.2, 0.25) is 5.95 Å². The van der Waals surface area contributed by atoms with Gasteiger partial charge in [0.05, 0.1) is 15.5 Å². The molecule has 0 fully saturated rings. The highest BCUT2D eigenvalue weighted by Crippen LogP contribution is 2.31. The smallest absolute Gasteiger partial charge is 0.230 e. The third-order valence-corrected chi connectivity index (χ3v) is 5.56. The zero-order valence-electron chi connectivity index (χ0n) is 15.3. The summed E-state index contributed by atoms with van der Waals surface area (Å²) in [5, 5.41) is 10.2. The standard InChI is InChI=1S/C21H23Br2N3O/c1-2-3-4-5-8-11-26-19-10-7-6-9-18(19)25-21(26)24-14-15-12-16(22)13-17(23)20(15)27/h6-7,9-10,12-14,27H,2-5,8,11H2,1H3/b24-14+. The maximum Gasteiger partial charge on any atom is 0.230 e. The minimum absolute atomic E-state index is 0.171. The molecule has 27 heavy (non-hydrogen) atoms. The van der Waals surface area contributed by atoms with Crippen LogP contribution in [0.2, 0.25) is 0 Å². The van der Waals surface area contributed by atoms with Gasteiger partial charge in [0.15, 0.2) is 0 Å². The molecule has 4 nitrogen and oxygen atoms in total. The lowest BCUT2D eigenvalue weighted by Crippen LogP contribution is -1.98. The second-order valence-electron chi connectivity index (χ2n) is 6.55. The Balaban J connectivity index is 1.88. The van der Waals surface area contributed by atoms with E-state index in [2.05, 4.69) is 59.4 Å². The van der Waals surface area contributed by atoms with E-state index in [-0.39, 0.29) is 5.75 Å². The number of unbranched alkanes of at least 4 members (excludes halogenated alkanes) is 4. The van der Waals surface area contributed by atoms with Gasteiger partial charge in [0.25, 0.3) is 0 Å². The van der Waals surface area contributed by atoms with Crippen LogP contribution in [-0.2, 0) is 6.54 Å². The van der Waals surface area contributed by atoms with Crippen molar-refractivity contribution in [2.45, 2.75) is 45.6 Å². The summed E-state index contributed by atoms with van der Waals surface area (Å²) in [5.41, 5.74) is 2.68. The topological polar surface area (TPSA) is 50.4 Å². The van der Waals surface area contributed by atoms with Crippen LogP contribution < -0.4 is 0 Å². The van der Waals surface area contributed by atoms with E-state index in [0.29, 0.717) is 16.0 Å². The van der Waals surface area contributed by atoms with Gasteiger partial charge in [-0.05, 0) is 46.6 Å². The van der Waals surface area contributed by atoms with E-state index in [1.807, 2.05) is 24.3 Å². The van der Waals surface area contributed by atoms with Gasteiger partial charge in [-0.25, -0.2) is 9.98 Å². The number of para-hydroxylation sites is 2. The quantitative estimate of drug-likeness (QED) is 0.272. The number of imidazole rings is 1. The number of aliphatic imine (C=N–C) groups is 1. The lowest BCUT2D eigenvalue weighted by molar-refractivity contribution is 0.471. The van der Waals surface area contributed by atoms with Crippen LogP contribution in [0.15, 0.2) is 50.3 Å². The molecule has 0 saturated carbocycles. The third-order valence-electron chi connectivity index (χ3n) is 4.50. The van der Waals surface area contributed by atoms with Crippen LogP contribution in [0.4, 0.5) is 5.95 Å². The maximum absolute atomic E-state index is 10.2. The lowest BCUT2D eigenvalue weighted by Gasteiger charge is -2.07. The van der Waals surface area contributed by atoms with E-state index < -0.39 is 0 Å². The van der Waals surface area contributed by atoms with Crippen LogP contribution in [0.1, 0.15) is 44.6 Å². The molecule has 0 saturated heterocycles. The molecule has 1 N–H and O–H groups in total. The van der Waals surface area contributed by atoms with E-state index in [4.69, 9.17) is 0 Å². The Morgan fingerprint density at radius 2 is 1.89 bits per heavy atom. The summed E-state index contributed by atoms with van der Waals surface area (Å²) in [6.07, 6.45) is 7.78. The van der Waals surface area contributed by atoms with E-state index in [1.165, 1.54) is 25.7 Å². The number of phenolic OH excluding ortho intramolecular Hbond substituents is 1. The first-order chi connectivity index (χ1) is 13.1. The van der Waals surface area contributed by atoms with Crippen molar-refractivity contribution in [3.05, 3.63) is 50.9 Å². The van der Waals surface area contributed by atoms with Gasteiger partial charge in [0.1, 0.15) is 5.75 Å². The molecule has 2 aromatic carbocycles. The van der Waals surface area contributed by atoms with Crippen molar-refractivity contribution in [1.82, 2.24) is 9.55 Å². The van der Waals surface area contributed by atoms with Crippen molar-refractivity contribution >= 4 is 55.1 Å². The number of hydrogen-bond acceptors (Lipinski definition) is 3. The molecule has 0 spiro atoms. The first kappa shape index (κ1) is 20.1. The molecule has 3 rings (SSSR count). The van der Waals surface area contributed by atoms with Gasteiger partial charge in [-0.1, -0.05) is 60.7 Å². The van der Waals surface area contributed by atoms with Gasteiger partial charge in [-0.15, -0.1) is 0 Å². The molecule has 0 aliphatic carbocycles. The summed E-state index contributed by atoms with van der Waals surface area (Å²) in [4.78, 5) is 9.27. The first-order valence-corrected chi connectivity index (χ1v) is 10.9. The van der Waals surface area contributed by atoms with Crippen molar-refractivity contribution in [3.63, 3.8) is 0 Å². The second-order valence-corrected chi connectivity index (χ2v) is 8.32. The van der Waals surface area contributed by atoms with Gasteiger partial charge >= 0.3 is 0 Å². The van der Waals surface area contributed by atoms with Gasteiger partial charge in [0, 0.05) is 22.8 Å². The number of aryl methyl sites for hydroxylation is 1. The number of nitrogens with zero attached hydrogens (tertiary/aromatic N) is 3. The largest absolute Gasteiger partial charge is 0.506 e. The third kappa shape index (κ3) is 4.99. The van der Waals surface area contributed by atoms with Crippen LogP contribution in [0, 0.1) is 0 Å². The Labute approximate surface area is 176 Å². The molecule has 1 aromatic heterocycles. The molecule has 0 amide bonds. The fourth-order valence-corrected chi connectivity index (χ4v) is 4.33. The average molecular weight is 493 g/mol. The van der Waals surface area contributed by atoms with Crippen molar-refractivity contribution in [2.24, 2.45) is 4.99 Å². The zero-order valence-corrected chi connectivity index (χ0v) is 18.5. The fraction of sp³-hybridized carbons (Fsp3) is 0.333. The molecule has 0 unspecified atom stereocenters. The summed E-state index contributed by atoms with van der Waals surface area (Å²) in [6, 6.07) is 11.8. The molecule has 1 heterocycles. The van der Waals surface area contributed by atoms with Crippen molar-refractivity contribution in [3.8, 4) is 5.75 Å². The first-order valence-electron chi connectivity index (χ1n) is 9.27. The van der Waals surface area contributed by atoms with E-state index >= 15 is 0 Å². The SMILES string of the molecule is CCCCCCCn1c(/N=C/c2cc(Br)cc(Br)c2O)nc2ccccc21. The fourth-order valence-electron chi connectivity index (χ4n) is 3.07. The van der Waals surface area contributed by atoms with Gasteiger partial charge in [-0.2, -0.15) is 0 Å². The van der Waals surface area contributed by atoms with Gasteiger partial charge in [-0.3, -0.25) is 0 Å². The number of fused-ring (bicyclic) bond motifs is 1. The maximum atomic E-state index is 10.2. The van der Waals surface area contributed by atoms with Crippen LogP contribution in [0.25, 0.3) is 11.0 Å². The normalized spacial score (nSPS) is 11.7. The van der Waals surface area contributed by atoms with Crippen molar-refractivity contribution in [2.75, 3.05) is 0 Å². The Bertz CT molecular complexity index is 950. The lowest BCUT2D eigenvalue weighted by atomic mass is 10.1. The predicted molar refractivity (Wildman–Crippen MR) is 119 cm³/mol. The molecular weight excluding hydrogens is 470 g/mol. The van der Waals surface area contributed by atoms with E-state index in [9.17, 15) is 5.11 Å². The number of aromatic hydroxyl groups is 1. The van der Waals surface area contributed by atoms with Crippen molar-refractivity contribution in [1.29, 1.82) is 0 Å². The van der Waals surface area contributed by atoms with Crippen molar-refractivity contribution < 1.29 is 5.11 Å². The summed E-state index contributed by atoms with van der Waals surface area (Å²) in [5.74, 6) is 0.839. The number of rotatable bonds is 8. The minimum atomic E-state index is 0.171. The Kier molecular flexibility index (Phi) is 7.07. The predicted octanol–water partition coefficient (Wildman–Crippen LogP) is 6.99. The van der Waals surface area contributed by atoms with E-state index in [1.54, 1.807) is 12.3 Å². The molecule has 3 aromatic rings. The number of halogens is 2. The minimum Gasteiger partial charge on any atom is -0.506 e. The Morgan fingerprint density at radius 1 is 1.11 bits per heavy atom. The summed E-state index contributed by atoms with van der Waals surface area (Å²) in [6.45, 7) is 3.12. The highest BCUT2D eigenvalue weighted by molar-refractivity contribution is 9.11. The Morgan fingerprint density at radius 3 is 2.70 bits per heavy atom. The zero-order chi connectivity index (χ0) is 19.2. The molecule has 0 bridgehead atoms. The molecule has 0 atom stereocenters. The highest BCUT2D eigenvalue weighted by atomic mass is 79.9. The summed E-state index contributed by atoms with van der Waals surface area (Å²) in [7, 11) is 0. The number of phenols is 1. The molecule has 6 heteroatoms. The monoisotopic (exact) mass is 491 g/mol. The summed E-state index contributed by atoms with van der Waals surface area (Å²) < 4.78 is 3.67. The average Bonchev–Trinajstić information content (AvgIpc) is 3.01. The van der Waals surface area contributed by atoms with Gasteiger partial charge < -0.3 is 9.67 Å².